The summed E-state index contributed by atoms with van der Waals surface area (Å²) in [5.74, 6) is -0.643. The van der Waals surface area contributed by atoms with Crippen molar-refractivity contribution in [2.24, 2.45) is 0 Å². The largest absolute Gasteiger partial charge is 0.385 e. The first-order valence-electron chi connectivity index (χ1n) is 9.94. The number of amides is 4. The number of nitrogens with one attached hydrogen (secondary N) is 2. The summed E-state index contributed by atoms with van der Waals surface area (Å²) in [6.45, 7) is 5.64. The van der Waals surface area contributed by atoms with Gasteiger partial charge in [-0.05, 0) is 37.6 Å². The number of hydrogen-bond acceptors (Lipinski definition) is 6. The van der Waals surface area contributed by atoms with Crippen LogP contribution in [0.3, 0.4) is 0 Å². The average Bonchev–Trinajstić information content (AvgIpc) is 2.96. The Morgan fingerprint density at radius 2 is 1.86 bits per heavy atom. The highest BCUT2D eigenvalue weighted by Crippen LogP contribution is 2.26. The molecular formula is C20H28N4O5. The molecule has 0 aliphatic carbocycles. The van der Waals surface area contributed by atoms with E-state index < -0.39 is 0 Å². The Hall–Kier alpha value is -2.49. The Morgan fingerprint density at radius 1 is 1.10 bits per heavy atom. The predicted molar refractivity (Wildman–Crippen MR) is 107 cm³/mol. The smallest absolute Gasteiger partial charge is 0.319 e. The summed E-state index contributed by atoms with van der Waals surface area (Å²) in [5, 5.41) is 5.54. The van der Waals surface area contributed by atoms with E-state index in [1.54, 1.807) is 25.3 Å². The lowest BCUT2D eigenvalue weighted by molar-refractivity contribution is 0.0375. The van der Waals surface area contributed by atoms with Crippen molar-refractivity contribution in [3.8, 4) is 0 Å². The van der Waals surface area contributed by atoms with Gasteiger partial charge in [-0.3, -0.25) is 19.4 Å². The van der Waals surface area contributed by atoms with Crippen molar-refractivity contribution in [3.05, 3.63) is 29.3 Å². The molecule has 0 spiro atoms. The fourth-order valence-corrected chi connectivity index (χ4v) is 3.44. The van der Waals surface area contributed by atoms with Crippen LogP contribution in [0.25, 0.3) is 0 Å². The van der Waals surface area contributed by atoms with Crippen LogP contribution < -0.4 is 10.6 Å². The molecule has 0 radical (unpaired) electrons. The minimum Gasteiger partial charge on any atom is -0.385 e. The van der Waals surface area contributed by atoms with E-state index in [1.807, 2.05) is 0 Å². The molecule has 29 heavy (non-hydrogen) atoms. The van der Waals surface area contributed by atoms with Gasteiger partial charge in [0.1, 0.15) is 0 Å². The number of benzene rings is 1. The Morgan fingerprint density at radius 3 is 2.62 bits per heavy atom. The third-order valence-electron chi connectivity index (χ3n) is 5.00. The Bertz CT molecular complexity index is 748. The van der Waals surface area contributed by atoms with E-state index in [2.05, 4.69) is 15.5 Å². The van der Waals surface area contributed by atoms with Crippen molar-refractivity contribution in [1.82, 2.24) is 15.1 Å². The standard InChI is InChI=1S/C20H28N4O5/c1-28-11-3-8-24-18(25)16-5-4-15(14-17(16)19(24)26)22-20(27)21-6-2-7-23-9-12-29-13-10-23/h4-5,14H,2-3,6-13H2,1H3,(H2,21,22,27). The number of carbonyl (C=O) groups excluding carboxylic acids is 3. The molecular weight excluding hydrogens is 376 g/mol. The van der Waals surface area contributed by atoms with E-state index in [1.165, 1.54) is 4.90 Å². The molecule has 0 atom stereocenters. The number of urea groups is 1. The minimum absolute atomic E-state index is 0.305. The van der Waals surface area contributed by atoms with Gasteiger partial charge < -0.3 is 20.1 Å². The molecule has 9 nitrogen and oxygen atoms in total. The maximum atomic E-state index is 12.5. The number of morpholine rings is 1. The third kappa shape index (κ3) is 5.53. The zero-order valence-corrected chi connectivity index (χ0v) is 16.7. The van der Waals surface area contributed by atoms with Gasteiger partial charge in [0.15, 0.2) is 0 Å². The first kappa shape index (κ1) is 21.2. The van der Waals surface area contributed by atoms with Gasteiger partial charge in [-0.1, -0.05) is 0 Å². The lowest BCUT2D eigenvalue weighted by Gasteiger charge is -2.26. The predicted octanol–water partition coefficient (Wildman–Crippen LogP) is 1.16. The summed E-state index contributed by atoms with van der Waals surface area (Å²) in [7, 11) is 1.58. The van der Waals surface area contributed by atoms with Crippen LogP contribution in [0.2, 0.25) is 0 Å². The molecule has 158 valence electrons. The zero-order chi connectivity index (χ0) is 20.6. The van der Waals surface area contributed by atoms with Gasteiger partial charge in [0.05, 0.1) is 24.3 Å². The number of methoxy groups -OCH3 is 1. The molecule has 1 fully saturated rings. The molecule has 1 aromatic rings. The normalized spacial score (nSPS) is 16.8. The first-order valence-corrected chi connectivity index (χ1v) is 9.94. The summed E-state index contributed by atoms with van der Waals surface area (Å²) in [4.78, 5) is 40.6. The highest BCUT2D eigenvalue weighted by Gasteiger charge is 2.35. The van der Waals surface area contributed by atoms with E-state index >= 15 is 0 Å². The van der Waals surface area contributed by atoms with Crippen LogP contribution >= 0.6 is 0 Å². The van der Waals surface area contributed by atoms with Gasteiger partial charge in [-0.2, -0.15) is 0 Å². The van der Waals surface area contributed by atoms with Crippen molar-refractivity contribution in [2.45, 2.75) is 12.8 Å². The molecule has 2 N–H and O–H groups in total. The van der Waals surface area contributed by atoms with E-state index in [4.69, 9.17) is 9.47 Å². The number of imide groups is 1. The lowest BCUT2D eigenvalue weighted by atomic mass is 10.1. The molecule has 0 saturated carbocycles. The van der Waals surface area contributed by atoms with Crippen LogP contribution in [0.1, 0.15) is 33.6 Å². The van der Waals surface area contributed by atoms with Crippen LogP contribution in [0, 0.1) is 0 Å². The molecule has 0 unspecified atom stereocenters. The van der Waals surface area contributed by atoms with E-state index in [9.17, 15) is 14.4 Å². The van der Waals surface area contributed by atoms with Crippen LogP contribution in [-0.4, -0.2) is 87.3 Å². The molecule has 4 amide bonds. The SMILES string of the molecule is COCCCN1C(=O)c2ccc(NC(=O)NCCCN3CCOCC3)cc2C1=O. The van der Waals surface area contributed by atoms with Crippen molar-refractivity contribution < 1.29 is 23.9 Å². The molecule has 1 aromatic carbocycles. The van der Waals surface area contributed by atoms with Crippen molar-refractivity contribution in [2.75, 3.05) is 65.0 Å². The highest BCUT2D eigenvalue weighted by atomic mass is 16.5. The Balaban J connectivity index is 1.47. The summed E-state index contributed by atoms with van der Waals surface area (Å²) in [5.41, 5.74) is 1.16. The molecule has 2 aliphatic rings. The van der Waals surface area contributed by atoms with Gasteiger partial charge in [-0.25, -0.2) is 4.79 Å². The Labute approximate surface area is 170 Å². The fraction of sp³-hybridized carbons (Fsp3) is 0.550. The van der Waals surface area contributed by atoms with Crippen molar-refractivity contribution in [3.63, 3.8) is 0 Å². The second-order valence-electron chi connectivity index (χ2n) is 7.06. The van der Waals surface area contributed by atoms with Gasteiger partial charge in [0, 0.05) is 45.6 Å². The van der Waals surface area contributed by atoms with Crippen molar-refractivity contribution >= 4 is 23.5 Å². The van der Waals surface area contributed by atoms with Crippen LogP contribution in [-0.2, 0) is 9.47 Å². The number of carbonyl (C=O) groups is 3. The maximum absolute atomic E-state index is 12.5. The summed E-state index contributed by atoms with van der Waals surface area (Å²) >= 11 is 0. The number of fused-ring (bicyclic) bond motifs is 1. The molecule has 2 aliphatic heterocycles. The maximum Gasteiger partial charge on any atom is 0.319 e. The quantitative estimate of drug-likeness (QED) is 0.473. The number of hydrogen-bond donors (Lipinski definition) is 2. The zero-order valence-electron chi connectivity index (χ0n) is 16.7. The van der Waals surface area contributed by atoms with Crippen LogP contribution in [0.5, 0.6) is 0 Å². The summed E-state index contributed by atoms with van der Waals surface area (Å²) in [6.07, 6.45) is 1.43. The third-order valence-corrected chi connectivity index (χ3v) is 5.00. The van der Waals surface area contributed by atoms with E-state index in [-0.39, 0.29) is 17.8 Å². The number of nitrogens with zero attached hydrogens (tertiary/aromatic N) is 2. The second-order valence-corrected chi connectivity index (χ2v) is 7.06. The van der Waals surface area contributed by atoms with Gasteiger partial charge in [0.25, 0.3) is 11.8 Å². The monoisotopic (exact) mass is 404 g/mol. The first-order chi connectivity index (χ1) is 14.1. The molecule has 3 rings (SSSR count). The fourth-order valence-electron chi connectivity index (χ4n) is 3.44. The van der Waals surface area contributed by atoms with Gasteiger partial charge in [0.2, 0.25) is 0 Å². The summed E-state index contributed by atoms with van der Waals surface area (Å²) < 4.78 is 10.3. The van der Waals surface area contributed by atoms with Crippen molar-refractivity contribution in [1.29, 1.82) is 0 Å². The number of rotatable bonds is 9. The minimum atomic E-state index is -0.337. The van der Waals surface area contributed by atoms with Crippen LogP contribution in [0.4, 0.5) is 10.5 Å². The average molecular weight is 404 g/mol. The Kier molecular flexibility index (Phi) is 7.56. The number of anilines is 1. The number of ether oxygens (including phenoxy) is 2. The summed E-state index contributed by atoms with van der Waals surface area (Å²) in [6, 6.07) is 4.44. The van der Waals surface area contributed by atoms with E-state index in [0.29, 0.717) is 42.9 Å². The van der Waals surface area contributed by atoms with Gasteiger partial charge >= 0.3 is 6.03 Å². The molecule has 9 heteroatoms. The molecule has 0 aromatic heterocycles. The second kappa shape index (κ2) is 10.3. The van der Waals surface area contributed by atoms with Crippen LogP contribution in [0.15, 0.2) is 18.2 Å². The topological polar surface area (TPSA) is 100 Å². The highest BCUT2D eigenvalue weighted by molar-refractivity contribution is 6.21. The lowest BCUT2D eigenvalue weighted by Crippen LogP contribution is -2.38. The molecule has 0 bridgehead atoms. The van der Waals surface area contributed by atoms with E-state index in [0.717, 1.165) is 39.3 Å². The van der Waals surface area contributed by atoms with Gasteiger partial charge in [-0.15, -0.1) is 0 Å². The molecule has 2 heterocycles. The molecule has 1 saturated heterocycles.